The Labute approximate surface area is 177 Å². The summed E-state index contributed by atoms with van der Waals surface area (Å²) in [4.78, 5) is 14.2. The van der Waals surface area contributed by atoms with Crippen LogP contribution < -0.4 is 4.74 Å². The molecule has 0 saturated heterocycles. The summed E-state index contributed by atoms with van der Waals surface area (Å²) in [5.74, 6) is 1.36. The quantitative estimate of drug-likeness (QED) is 0.589. The maximum absolute atomic E-state index is 12.7. The highest BCUT2D eigenvalue weighted by Crippen LogP contribution is 2.26. The first-order chi connectivity index (χ1) is 14.1. The Balaban J connectivity index is 1.63. The molecule has 0 bridgehead atoms. The third-order valence-corrected chi connectivity index (χ3v) is 4.96. The van der Waals surface area contributed by atoms with Gasteiger partial charge in [-0.25, -0.2) is 0 Å². The molecule has 1 heterocycles. The van der Waals surface area contributed by atoms with E-state index < -0.39 is 6.10 Å². The van der Waals surface area contributed by atoms with E-state index in [1.165, 1.54) is 10.5 Å². The van der Waals surface area contributed by atoms with Crippen molar-refractivity contribution in [2.75, 3.05) is 7.05 Å². The first-order valence-corrected chi connectivity index (χ1v) is 10.1. The van der Waals surface area contributed by atoms with Crippen LogP contribution in [0.2, 0.25) is 0 Å². The van der Waals surface area contributed by atoms with E-state index in [4.69, 9.17) is 9.15 Å². The van der Waals surface area contributed by atoms with Crippen LogP contribution in [0.1, 0.15) is 44.7 Å². The van der Waals surface area contributed by atoms with Crippen molar-refractivity contribution in [3.05, 3.63) is 65.5 Å². The minimum absolute atomic E-state index is 0.0820. The zero-order chi connectivity index (χ0) is 21.9. The number of carbonyl (C=O) groups is 1. The van der Waals surface area contributed by atoms with Gasteiger partial charge >= 0.3 is 0 Å². The fourth-order valence-electron chi connectivity index (χ4n) is 3.07. The smallest absolute Gasteiger partial charge is 0.263 e. The van der Waals surface area contributed by atoms with Crippen LogP contribution in [0.4, 0.5) is 0 Å². The summed E-state index contributed by atoms with van der Waals surface area (Å²) in [5.41, 5.74) is 3.16. The Morgan fingerprint density at radius 2 is 1.77 bits per heavy atom. The van der Waals surface area contributed by atoms with Crippen molar-refractivity contribution in [1.82, 2.24) is 15.1 Å². The molecule has 6 heteroatoms. The zero-order valence-corrected chi connectivity index (χ0v) is 18.5. The van der Waals surface area contributed by atoms with Gasteiger partial charge in [-0.15, -0.1) is 10.2 Å². The van der Waals surface area contributed by atoms with Crippen LogP contribution in [0.5, 0.6) is 5.75 Å². The normalized spacial score (nSPS) is 12.5. The SMILES string of the molecule is Cc1ccccc1O[C@H](C)C(=O)N(C)Cc1nnc(-c2ccc(C(C)(C)C)cc2)o1. The minimum Gasteiger partial charge on any atom is -0.481 e. The van der Waals surface area contributed by atoms with E-state index in [0.29, 0.717) is 17.5 Å². The van der Waals surface area contributed by atoms with E-state index in [1.807, 2.05) is 43.3 Å². The lowest BCUT2D eigenvalue weighted by molar-refractivity contribution is -0.137. The first kappa shape index (κ1) is 21.6. The number of likely N-dealkylation sites (N-methyl/N-ethyl adjacent to an activating group) is 1. The molecule has 2 aromatic carbocycles. The summed E-state index contributed by atoms with van der Waals surface area (Å²) in [6, 6.07) is 15.7. The number of nitrogens with zero attached hydrogens (tertiary/aromatic N) is 3. The van der Waals surface area contributed by atoms with Gasteiger partial charge in [-0.05, 0) is 48.6 Å². The summed E-state index contributed by atoms with van der Waals surface area (Å²) in [6.07, 6.45) is -0.622. The highest BCUT2D eigenvalue weighted by atomic mass is 16.5. The molecule has 0 radical (unpaired) electrons. The highest BCUT2D eigenvalue weighted by molar-refractivity contribution is 5.80. The first-order valence-electron chi connectivity index (χ1n) is 10.1. The molecule has 0 spiro atoms. The Morgan fingerprint density at radius 1 is 1.10 bits per heavy atom. The van der Waals surface area contributed by atoms with Crippen molar-refractivity contribution in [3.8, 4) is 17.2 Å². The van der Waals surface area contributed by atoms with Crippen LogP contribution in [-0.2, 0) is 16.8 Å². The fourth-order valence-corrected chi connectivity index (χ4v) is 3.07. The van der Waals surface area contributed by atoms with Gasteiger partial charge in [0.15, 0.2) is 6.10 Å². The van der Waals surface area contributed by atoms with Crippen LogP contribution in [-0.4, -0.2) is 34.2 Å². The molecule has 0 unspecified atom stereocenters. The minimum atomic E-state index is -0.622. The van der Waals surface area contributed by atoms with Crippen molar-refractivity contribution >= 4 is 5.91 Å². The number of hydrogen-bond donors (Lipinski definition) is 0. The molecule has 0 aliphatic carbocycles. The number of ether oxygens (including phenoxy) is 1. The number of rotatable bonds is 6. The standard InChI is InChI=1S/C24H29N3O3/c1-16-9-7-8-10-20(16)29-17(2)23(28)27(6)15-21-25-26-22(30-21)18-11-13-19(14-12-18)24(3,4)5/h7-14,17H,15H2,1-6H3/t17-/m1/s1. The molecule has 0 aliphatic rings. The lowest BCUT2D eigenvalue weighted by atomic mass is 9.87. The topological polar surface area (TPSA) is 68.5 Å². The molecule has 30 heavy (non-hydrogen) atoms. The predicted octanol–water partition coefficient (Wildman–Crippen LogP) is 4.77. The third-order valence-electron chi connectivity index (χ3n) is 4.96. The number of carbonyl (C=O) groups excluding carboxylic acids is 1. The monoisotopic (exact) mass is 407 g/mol. The van der Waals surface area contributed by atoms with Gasteiger partial charge in [-0.2, -0.15) is 0 Å². The number of aryl methyl sites for hydroxylation is 1. The van der Waals surface area contributed by atoms with Gasteiger partial charge < -0.3 is 14.1 Å². The molecular weight excluding hydrogens is 378 g/mol. The molecule has 1 aromatic heterocycles. The molecule has 0 aliphatic heterocycles. The lowest BCUT2D eigenvalue weighted by Gasteiger charge is -2.21. The Kier molecular flexibility index (Phi) is 6.25. The van der Waals surface area contributed by atoms with Crippen molar-refractivity contribution < 1.29 is 13.9 Å². The maximum atomic E-state index is 12.7. The maximum Gasteiger partial charge on any atom is 0.263 e. The van der Waals surface area contributed by atoms with Gasteiger partial charge in [0.05, 0.1) is 6.54 Å². The average Bonchev–Trinajstić information content (AvgIpc) is 3.17. The Morgan fingerprint density at radius 3 is 2.40 bits per heavy atom. The van der Waals surface area contributed by atoms with Gasteiger partial charge in [0, 0.05) is 12.6 Å². The Bertz CT molecular complexity index is 1000. The van der Waals surface area contributed by atoms with E-state index in [1.54, 1.807) is 14.0 Å². The number of amides is 1. The van der Waals surface area contributed by atoms with Crippen LogP contribution in [0.3, 0.4) is 0 Å². The van der Waals surface area contributed by atoms with Gasteiger partial charge in [0.2, 0.25) is 11.8 Å². The van der Waals surface area contributed by atoms with Crippen LogP contribution >= 0.6 is 0 Å². The molecule has 158 valence electrons. The zero-order valence-electron chi connectivity index (χ0n) is 18.5. The second-order valence-electron chi connectivity index (χ2n) is 8.55. The number of aromatic nitrogens is 2. The summed E-state index contributed by atoms with van der Waals surface area (Å²) in [6.45, 7) is 10.4. The van der Waals surface area contributed by atoms with Crippen LogP contribution in [0.25, 0.3) is 11.5 Å². The molecule has 3 rings (SSSR count). The van der Waals surface area contributed by atoms with E-state index in [2.05, 4.69) is 43.1 Å². The number of benzene rings is 2. The van der Waals surface area contributed by atoms with Gasteiger partial charge in [-0.1, -0.05) is 51.1 Å². The van der Waals surface area contributed by atoms with E-state index >= 15 is 0 Å². The number of para-hydroxylation sites is 1. The van der Waals surface area contributed by atoms with Crippen molar-refractivity contribution in [2.24, 2.45) is 0 Å². The highest BCUT2D eigenvalue weighted by Gasteiger charge is 2.22. The summed E-state index contributed by atoms with van der Waals surface area (Å²) >= 11 is 0. The van der Waals surface area contributed by atoms with E-state index in [-0.39, 0.29) is 17.9 Å². The molecule has 1 atom stereocenters. The van der Waals surface area contributed by atoms with Crippen molar-refractivity contribution in [2.45, 2.75) is 52.7 Å². The van der Waals surface area contributed by atoms with Crippen LogP contribution in [0, 0.1) is 6.92 Å². The van der Waals surface area contributed by atoms with Crippen molar-refractivity contribution in [1.29, 1.82) is 0 Å². The largest absolute Gasteiger partial charge is 0.481 e. The van der Waals surface area contributed by atoms with Gasteiger partial charge in [-0.3, -0.25) is 4.79 Å². The summed E-state index contributed by atoms with van der Waals surface area (Å²) < 4.78 is 11.6. The van der Waals surface area contributed by atoms with E-state index in [9.17, 15) is 4.79 Å². The average molecular weight is 408 g/mol. The van der Waals surface area contributed by atoms with Gasteiger partial charge in [0.1, 0.15) is 5.75 Å². The van der Waals surface area contributed by atoms with E-state index in [0.717, 1.165) is 11.1 Å². The summed E-state index contributed by atoms with van der Waals surface area (Å²) in [5, 5.41) is 8.22. The molecule has 1 amide bonds. The van der Waals surface area contributed by atoms with Crippen LogP contribution in [0.15, 0.2) is 52.9 Å². The summed E-state index contributed by atoms with van der Waals surface area (Å²) in [7, 11) is 1.70. The predicted molar refractivity (Wildman–Crippen MR) is 116 cm³/mol. The third kappa shape index (κ3) is 5.06. The second kappa shape index (κ2) is 8.69. The van der Waals surface area contributed by atoms with Gasteiger partial charge in [0.25, 0.3) is 5.91 Å². The molecule has 0 N–H and O–H groups in total. The lowest BCUT2D eigenvalue weighted by Crippen LogP contribution is -2.37. The molecule has 3 aromatic rings. The molecular formula is C24H29N3O3. The van der Waals surface area contributed by atoms with Crippen molar-refractivity contribution in [3.63, 3.8) is 0 Å². The number of hydrogen-bond acceptors (Lipinski definition) is 5. The fraction of sp³-hybridized carbons (Fsp3) is 0.375. The Hall–Kier alpha value is -3.15. The molecule has 0 saturated carbocycles. The second-order valence-corrected chi connectivity index (χ2v) is 8.55. The molecule has 0 fully saturated rings. The molecule has 6 nitrogen and oxygen atoms in total.